The van der Waals surface area contributed by atoms with Gasteiger partial charge in [-0.25, -0.2) is 8.42 Å². The van der Waals surface area contributed by atoms with Crippen LogP contribution in [0.1, 0.15) is 24.0 Å². The maximum Gasteiger partial charge on any atom is 0.183 e. The van der Waals surface area contributed by atoms with E-state index in [2.05, 4.69) is 0 Å². The average molecular weight is 374 g/mol. The van der Waals surface area contributed by atoms with Gasteiger partial charge in [-0.2, -0.15) is 5.26 Å². The first kappa shape index (κ1) is 17.7. The predicted octanol–water partition coefficient (Wildman–Crippen LogP) is 3.55. The van der Waals surface area contributed by atoms with Gasteiger partial charge in [-0.3, -0.25) is 0 Å². The second-order valence-electron chi connectivity index (χ2n) is 6.16. The molecule has 0 aromatic heterocycles. The summed E-state index contributed by atoms with van der Waals surface area (Å²) in [4.78, 5) is 11.7. The van der Waals surface area contributed by atoms with E-state index in [1.807, 2.05) is 25.1 Å². The number of hydrogen-bond donors (Lipinski definition) is 0. The van der Waals surface area contributed by atoms with Crippen molar-refractivity contribution in [2.24, 2.45) is 5.41 Å². The van der Waals surface area contributed by atoms with E-state index in [0.717, 1.165) is 12.0 Å². The lowest BCUT2D eigenvalue weighted by Gasteiger charge is -2.05. The van der Waals surface area contributed by atoms with Gasteiger partial charge in [-0.05, 0) is 41.8 Å². The van der Waals surface area contributed by atoms with Gasteiger partial charge in [0.1, 0.15) is 17.0 Å². The van der Waals surface area contributed by atoms with Crippen molar-refractivity contribution < 1.29 is 13.2 Å². The number of nitrogens with zero attached hydrogens (tertiary/aromatic N) is 1. The minimum absolute atomic E-state index is 0.0658. The van der Waals surface area contributed by atoms with Gasteiger partial charge in [0.25, 0.3) is 0 Å². The summed E-state index contributed by atoms with van der Waals surface area (Å²) < 4.78 is 26.0. The van der Waals surface area contributed by atoms with Crippen LogP contribution in [0.25, 0.3) is 0 Å². The highest BCUT2D eigenvalue weighted by molar-refractivity contribution is 7.92. The SMILES string of the molecule is CCc1ccc(C2C(S(=O)(=O)c3ccc(Cl)cc3)C2(C#N)C=O)cc1. The number of hydrogen-bond acceptors (Lipinski definition) is 4. The third kappa shape index (κ3) is 2.76. The minimum atomic E-state index is -3.84. The monoisotopic (exact) mass is 373 g/mol. The summed E-state index contributed by atoms with van der Waals surface area (Å²) in [5.41, 5.74) is 0.246. The summed E-state index contributed by atoms with van der Waals surface area (Å²) in [6.07, 6.45) is 1.33. The van der Waals surface area contributed by atoms with E-state index >= 15 is 0 Å². The largest absolute Gasteiger partial charge is 0.302 e. The molecular weight excluding hydrogens is 358 g/mol. The van der Waals surface area contributed by atoms with Crippen molar-refractivity contribution in [1.82, 2.24) is 0 Å². The zero-order valence-electron chi connectivity index (χ0n) is 13.5. The van der Waals surface area contributed by atoms with Crippen molar-refractivity contribution in [2.75, 3.05) is 0 Å². The van der Waals surface area contributed by atoms with Crippen LogP contribution in [0.3, 0.4) is 0 Å². The van der Waals surface area contributed by atoms with E-state index < -0.39 is 26.4 Å². The van der Waals surface area contributed by atoms with Crippen LogP contribution in [0.5, 0.6) is 0 Å². The fraction of sp³-hybridized carbons (Fsp3) is 0.263. The molecule has 128 valence electrons. The van der Waals surface area contributed by atoms with Crippen molar-refractivity contribution in [3.8, 4) is 6.07 Å². The molecule has 0 spiro atoms. The predicted molar refractivity (Wildman–Crippen MR) is 95.1 cm³/mol. The molecule has 0 aliphatic heterocycles. The normalized spacial score (nSPS) is 25.2. The molecule has 1 saturated carbocycles. The highest BCUT2D eigenvalue weighted by Gasteiger charge is 2.72. The minimum Gasteiger partial charge on any atom is -0.302 e. The molecule has 3 atom stereocenters. The molecular formula is C19H16ClNO3S. The summed E-state index contributed by atoms with van der Waals surface area (Å²) in [5, 5.41) is 8.88. The topological polar surface area (TPSA) is 75.0 Å². The lowest BCUT2D eigenvalue weighted by Crippen LogP contribution is -2.16. The first-order valence-electron chi connectivity index (χ1n) is 7.86. The third-order valence-corrected chi connectivity index (χ3v) is 7.30. The molecule has 25 heavy (non-hydrogen) atoms. The lowest BCUT2D eigenvalue weighted by atomic mass is 10.0. The molecule has 1 aliphatic carbocycles. The highest BCUT2D eigenvalue weighted by atomic mass is 35.5. The first-order chi connectivity index (χ1) is 11.9. The fourth-order valence-corrected chi connectivity index (χ4v) is 5.66. The lowest BCUT2D eigenvalue weighted by molar-refractivity contribution is -0.110. The molecule has 0 heterocycles. The van der Waals surface area contributed by atoms with Crippen LogP contribution in [0.15, 0.2) is 53.4 Å². The molecule has 3 unspecified atom stereocenters. The van der Waals surface area contributed by atoms with Crippen LogP contribution >= 0.6 is 11.6 Å². The summed E-state index contributed by atoms with van der Waals surface area (Å²) in [6.45, 7) is 2.02. The molecule has 1 aliphatic rings. The van der Waals surface area contributed by atoms with Crippen molar-refractivity contribution in [1.29, 1.82) is 5.26 Å². The number of carbonyl (C=O) groups is 1. The molecule has 2 aromatic rings. The Balaban J connectivity index is 2.05. The van der Waals surface area contributed by atoms with Gasteiger partial charge in [0, 0.05) is 10.9 Å². The summed E-state index contributed by atoms with van der Waals surface area (Å²) in [6, 6.07) is 15.1. The van der Waals surface area contributed by atoms with Crippen LogP contribution < -0.4 is 0 Å². The van der Waals surface area contributed by atoms with Crippen LogP contribution in [-0.4, -0.2) is 20.0 Å². The molecule has 3 rings (SSSR count). The summed E-state index contributed by atoms with van der Waals surface area (Å²) in [5.74, 6) is -0.665. The quantitative estimate of drug-likeness (QED) is 0.751. The first-order valence-corrected chi connectivity index (χ1v) is 9.79. The van der Waals surface area contributed by atoms with E-state index in [9.17, 15) is 18.5 Å². The molecule has 2 aromatic carbocycles. The van der Waals surface area contributed by atoms with Crippen molar-refractivity contribution >= 4 is 27.7 Å². The molecule has 4 nitrogen and oxygen atoms in total. The fourth-order valence-electron chi connectivity index (χ4n) is 3.29. The Morgan fingerprint density at radius 2 is 1.76 bits per heavy atom. The average Bonchev–Trinajstić information content (AvgIpc) is 3.33. The summed E-state index contributed by atoms with van der Waals surface area (Å²) >= 11 is 5.82. The van der Waals surface area contributed by atoms with Crippen LogP contribution in [0.4, 0.5) is 0 Å². The van der Waals surface area contributed by atoms with E-state index in [0.29, 0.717) is 16.9 Å². The van der Waals surface area contributed by atoms with Gasteiger partial charge in [0.2, 0.25) is 0 Å². The van der Waals surface area contributed by atoms with Crippen molar-refractivity contribution in [2.45, 2.75) is 29.4 Å². The highest BCUT2D eigenvalue weighted by Crippen LogP contribution is 2.62. The van der Waals surface area contributed by atoms with Gasteiger partial charge >= 0.3 is 0 Å². The van der Waals surface area contributed by atoms with E-state index in [1.165, 1.54) is 24.3 Å². The molecule has 0 radical (unpaired) electrons. The molecule has 0 N–H and O–H groups in total. The number of sulfone groups is 1. The van der Waals surface area contributed by atoms with Gasteiger partial charge < -0.3 is 4.79 Å². The van der Waals surface area contributed by atoms with Gasteiger partial charge in [-0.15, -0.1) is 0 Å². The third-order valence-electron chi connectivity index (χ3n) is 4.79. The Kier molecular flexibility index (Phi) is 4.44. The van der Waals surface area contributed by atoms with Crippen LogP contribution in [0, 0.1) is 16.7 Å². The molecule has 6 heteroatoms. The van der Waals surface area contributed by atoms with Crippen molar-refractivity contribution in [3.63, 3.8) is 0 Å². The van der Waals surface area contributed by atoms with E-state index in [-0.39, 0.29) is 4.90 Å². The Labute approximate surface area is 152 Å². The summed E-state index contributed by atoms with van der Waals surface area (Å²) in [7, 11) is -3.84. The maximum absolute atomic E-state index is 13.0. The number of nitriles is 1. The zero-order chi connectivity index (χ0) is 18.2. The van der Waals surface area contributed by atoms with Gasteiger partial charge in [-0.1, -0.05) is 42.8 Å². The zero-order valence-corrected chi connectivity index (χ0v) is 15.1. The van der Waals surface area contributed by atoms with E-state index in [1.54, 1.807) is 12.1 Å². The van der Waals surface area contributed by atoms with Gasteiger partial charge in [0.15, 0.2) is 9.84 Å². The van der Waals surface area contributed by atoms with E-state index in [4.69, 9.17) is 11.6 Å². The number of carbonyl (C=O) groups excluding carboxylic acids is 1. The van der Waals surface area contributed by atoms with Crippen LogP contribution in [-0.2, 0) is 21.1 Å². The molecule has 0 amide bonds. The Hall–Kier alpha value is -2.16. The number of aldehydes is 1. The second-order valence-corrected chi connectivity index (χ2v) is 8.66. The van der Waals surface area contributed by atoms with Gasteiger partial charge in [0.05, 0.1) is 11.0 Å². The molecule has 1 fully saturated rings. The Bertz CT molecular complexity index is 946. The molecule has 0 bridgehead atoms. The maximum atomic E-state index is 13.0. The molecule has 0 saturated heterocycles. The number of halogens is 1. The number of rotatable bonds is 5. The van der Waals surface area contributed by atoms with Crippen LogP contribution in [0.2, 0.25) is 5.02 Å². The number of aryl methyl sites for hydroxylation is 1. The Morgan fingerprint density at radius 1 is 1.16 bits per heavy atom. The standard InChI is InChI=1S/C19H16ClNO3S/c1-2-13-3-5-14(6-4-13)17-18(19(17,11-21)12-22)25(23,24)16-9-7-15(20)8-10-16/h3-10,12,17-18H,2H2,1H3. The smallest absolute Gasteiger partial charge is 0.183 e. The second kappa shape index (κ2) is 6.29. The Morgan fingerprint density at radius 3 is 2.24 bits per heavy atom. The van der Waals surface area contributed by atoms with Crippen molar-refractivity contribution in [3.05, 3.63) is 64.7 Å². The number of benzene rings is 2.